The number of rotatable bonds is 6. The lowest BCUT2D eigenvalue weighted by atomic mass is 10.1. The van der Waals surface area contributed by atoms with Gasteiger partial charge in [0.1, 0.15) is 12.1 Å². The fraction of sp³-hybridized carbons (Fsp3) is 0.211. The van der Waals surface area contributed by atoms with E-state index in [0.29, 0.717) is 17.3 Å². The number of benzene rings is 2. The maximum atomic E-state index is 12.9. The van der Waals surface area contributed by atoms with Gasteiger partial charge in [-0.05, 0) is 36.4 Å². The van der Waals surface area contributed by atoms with Crippen LogP contribution < -0.4 is 5.32 Å². The number of halogens is 1. The summed E-state index contributed by atoms with van der Waals surface area (Å²) in [6, 6.07) is 13.7. The second-order valence-electron chi connectivity index (χ2n) is 5.98. The van der Waals surface area contributed by atoms with Crippen molar-refractivity contribution < 1.29 is 9.18 Å². The third-order valence-corrected chi connectivity index (χ3v) is 5.02. The van der Waals surface area contributed by atoms with Crippen molar-refractivity contribution in [3.05, 3.63) is 60.7 Å². The summed E-state index contributed by atoms with van der Waals surface area (Å²) in [5.74, 6) is 0.706. The van der Waals surface area contributed by atoms with Crippen molar-refractivity contribution in [1.82, 2.24) is 14.8 Å². The predicted octanol–water partition coefficient (Wildman–Crippen LogP) is 3.99. The third kappa shape index (κ3) is 4.70. The van der Waals surface area contributed by atoms with Gasteiger partial charge in [-0.2, -0.15) is 5.10 Å². The van der Waals surface area contributed by atoms with Crippen LogP contribution in [0, 0.1) is 11.7 Å². The normalized spacial score (nSPS) is 12.0. The Labute approximate surface area is 155 Å². The molecule has 1 amide bonds. The molecular formula is C19H19FN4OS. The van der Waals surface area contributed by atoms with Crippen LogP contribution in [0.3, 0.4) is 0 Å². The molecule has 0 spiro atoms. The lowest BCUT2D eigenvalue weighted by molar-refractivity contribution is -0.118. The molecule has 0 bridgehead atoms. The molecule has 134 valence electrons. The summed E-state index contributed by atoms with van der Waals surface area (Å²) < 4.78 is 14.6. The molecule has 1 atom stereocenters. The Kier molecular flexibility index (Phi) is 5.68. The number of aryl methyl sites for hydroxylation is 1. The first-order valence-electron chi connectivity index (χ1n) is 8.16. The molecule has 1 heterocycles. The van der Waals surface area contributed by atoms with Crippen molar-refractivity contribution in [1.29, 1.82) is 0 Å². The smallest absolute Gasteiger partial charge is 0.228 e. The lowest BCUT2D eigenvalue weighted by Crippen LogP contribution is -2.22. The lowest BCUT2D eigenvalue weighted by Gasteiger charge is -2.12. The van der Waals surface area contributed by atoms with Crippen LogP contribution in [0.4, 0.5) is 10.1 Å². The predicted molar refractivity (Wildman–Crippen MR) is 101 cm³/mol. The van der Waals surface area contributed by atoms with Gasteiger partial charge in [-0.1, -0.05) is 19.1 Å². The van der Waals surface area contributed by atoms with Crippen LogP contribution in [-0.4, -0.2) is 26.4 Å². The molecule has 26 heavy (non-hydrogen) atoms. The zero-order valence-corrected chi connectivity index (χ0v) is 15.3. The van der Waals surface area contributed by atoms with E-state index in [4.69, 9.17) is 0 Å². The molecule has 0 saturated heterocycles. The topological polar surface area (TPSA) is 59.8 Å². The number of carbonyl (C=O) groups excluding carboxylic acids is 1. The number of thioether (sulfide) groups is 1. The monoisotopic (exact) mass is 370 g/mol. The number of amides is 1. The fourth-order valence-electron chi connectivity index (χ4n) is 2.30. The van der Waals surface area contributed by atoms with Crippen LogP contribution >= 0.6 is 11.8 Å². The van der Waals surface area contributed by atoms with Crippen molar-refractivity contribution in [2.75, 3.05) is 11.1 Å². The average molecular weight is 370 g/mol. The first-order chi connectivity index (χ1) is 12.5. The van der Waals surface area contributed by atoms with Gasteiger partial charge in [-0.15, -0.1) is 11.8 Å². The highest BCUT2D eigenvalue weighted by Crippen LogP contribution is 2.23. The van der Waals surface area contributed by atoms with Crippen LogP contribution in [0.1, 0.15) is 6.92 Å². The number of nitrogens with zero attached hydrogens (tertiary/aromatic N) is 3. The van der Waals surface area contributed by atoms with Gasteiger partial charge >= 0.3 is 0 Å². The molecule has 0 unspecified atom stereocenters. The van der Waals surface area contributed by atoms with Crippen molar-refractivity contribution in [3.8, 4) is 11.4 Å². The van der Waals surface area contributed by atoms with E-state index in [1.165, 1.54) is 23.9 Å². The van der Waals surface area contributed by atoms with Gasteiger partial charge in [0.15, 0.2) is 5.82 Å². The van der Waals surface area contributed by atoms with Gasteiger partial charge in [0.05, 0.1) is 0 Å². The second-order valence-corrected chi connectivity index (χ2v) is 7.07. The molecule has 0 aliphatic rings. The van der Waals surface area contributed by atoms with Crippen molar-refractivity contribution in [3.63, 3.8) is 0 Å². The first-order valence-corrected chi connectivity index (χ1v) is 9.15. The number of carbonyl (C=O) groups is 1. The van der Waals surface area contributed by atoms with E-state index >= 15 is 0 Å². The van der Waals surface area contributed by atoms with Gasteiger partial charge in [0.25, 0.3) is 0 Å². The molecular weight excluding hydrogens is 351 g/mol. The summed E-state index contributed by atoms with van der Waals surface area (Å²) in [5.41, 5.74) is 1.55. The quantitative estimate of drug-likeness (QED) is 0.667. The summed E-state index contributed by atoms with van der Waals surface area (Å²) in [5, 5.41) is 7.20. The summed E-state index contributed by atoms with van der Waals surface area (Å²) in [7, 11) is 1.81. The molecule has 7 heteroatoms. The zero-order valence-electron chi connectivity index (χ0n) is 14.5. The minimum absolute atomic E-state index is 0.0641. The molecule has 1 aromatic heterocycles. The van der Waals surface area contributed by atoms with Gasteiger partial charge in [-0.25, -0.2) is 9.37 Å². The summed E-state index contributed by atoms with van der Waals surface area (Å²) in [6.07, 6.45) is 1.63. The Balaban J connectivity index is 1.59. The van der Waals surface area contributed by atoms with Crippen LogP contribution in [-0.2, 0) is 11.8 Å². The Bertz CT molecular complexity index is 895. The molecule has 0 saturated carbocycles. The van der Waals surface area contributed by atoms with Gasteiger partial charge < -0.3 is 5.32 Å². The van der Waals surface area contributed by atoms with E-state index in [-0.39, 0.29) is 17.6 Å². The highest BCUT2D eigenvalue weighted by Gasteiger charge is 2.14. The molecule has 3 aromatic rings. The number of hydrogen-bond acceptors (Lipinski definition) is 4. The minimum Gasteiger partial charge on any atom is -0.326 e. The van der Waals surface area contributed by atoms with Crippen LogP contribution in [0.2, 0.25) is 0 Å². The Morgan fingerprint density at radius 2 is 2.04 bits per heavy atom. The SMILES string of the molecule is C[C@H](CSc1ccc(F)cc1)C(=O)Nc1cccc(-c2ncn(C)n2)c1. The zero-order chi connectivity index (χ0) is 18.5. The maximum absolute atomic E-state index is 12.9. The highest BCUT2D eigenvalue weighted by atomic mass is 32.2. The number of nitrogens with one attached hydrogen (secondary N) is 1. The van der Waals surface area contributed by atoms with E-state index in [9.17, 15) is 9.18 Å². The van der Waals surface area contributed by atoms with E-state index in [2.05, 4.69) is 15.4 Å². The molecule has 0 radical (unpaired) electrons. The van der Waals surface area contributed by atoms with E-state index in [0.717, 1.165) is 10.5 Å². The molecule has 0 aliphatic heterocycles. The van der Waals surface area contributed by atoms with Gasteiger partial charge in [0.2, 0.25) is 5.91 Å². The van der Waals surface area contributed by atoms with E-state index < -0.39 is 0 Å². The van der Waals surface area contributed by atoms with Crippen molar-refractivity contribution in [2.24, 2.45) is 13.0 Å². The highest BCUT2D eigenvalue weighted by molar-refractivity contribution is 7.99. The largest absolute Gasteiger partial charge is 0.326 e. The Morgan fingerprint density at radius 3 is 2.73 bits per heavy atom. The molecule has 2 aromatic carbocycles. The molecule has 0 fully saturated rings. The fourth-order valence-corrected chi connectivity index (χ4v) is 3.22. The van der Waals surface area contributed by atoms with Crippen LogP contribution in [0.15, 0.2) is 59.8 Å². The Morgan fingerprint density at radius 1 is 1.27 bits per heavy atom. The number of aromatic nitrogens is 3. The van der Waals surface area contributed by atoms with Crippen LogP contribution in [0.25, 0.3) is 11.4 Å². The second kappa shape index (κ2) is 8.14. The Hall–Kier alpha value is -2.67. The summed E-state index contributed by atoms with van der Waals surface area (Å²) in [4.78, 5) is 17.6. The third-order valence-electron chi connectivity index (χ3n) is 3.75. The van der Waals surface area contributed by atoms with Crippen LogP contribution in [0.5, 0.6) is 0 Å². The minimum atomic E-state index is -0.262. The van der Waals surface area contributed by atoms with E-state index in [1.807, 2.05) is 38.2 Å². The standard InChI is InChI=1S/C19H19FN4OS/c1-13(11-26-17-8-6-15(20)7-9-17)19(25)22-16-5-3-4-14(10-16)18-21-12-24(2)23-18/h3-10,12-13H,11H2,1-2H3,(H,22,25)/t13-/m1/s1. The molecule has 5 nitrogen and oxygen atoms in total. The average Bonchev–Trinajstić information content (AvgIpc) is 3.07. The molecule has 1 N–H and O–H groups in total. The summed E-state index contributed by atoms with van der Waals surface area (Å²) in [6.45, 7) is 1.87. The first kappa shape index (κ1) is 18.1. The number of anilines is 1. The van der Waals surface area contributed by atoms with Gasteiger partial charge in [0, 0.05) is 34.9 Å². The summed E-state index contributed by atoms with van der Waals surface area (Å²) >= 11 is 1.53. The molecule has 3 rings (SSSR count). The number of hydrogen-bond donors (Lipinski definition) is 1. The van der Waals surface area contributed by atoms with Gasteiger partial charge in [-0.3, -0.25) is 9.48 Å². The maximum Gasteiger partial charge on any atom is 0.228 e. The van der Waals surface area contributed by atoms with Crippen molar-refractivity contribution in [2.45, 2.75) is 11.8 Å². The molecule has 0 aliphatic carbocycles. The van der Waals surface area contributed by atoms with Crippen molar-refractivity contribution >= 4 is 23.4 Å². The van der Waals surface area contributed by atoms with E-state index in [1.54, 1.807) is 23.1 Å².